The van der Waals surface area contributed by atoms with Crippen LogP contribution in [0.25, 0.3) is 11.2 Å². The number of hydrogen-bond donors (Lipinski definition) is 1. The molecule has 2 aromatic rings. The van der Waals surface area contributed by atoms with Crippen LogP contribution in [0.4, 0.5) is 0 Å². The molecule has 2 heterocycles. The summed E-state index contributed by atoms with van der Waals surface area (Å²) in [5, 5.41) is 2.83. The number of amides is 1. The number of aryl methyl sites for hydroxylation is 1. The Morgan fingerprint density at radius 3 is 2.36 bits per heavy atom. The van der Waals surface area contributed by atoms with Crippen LogP contribution >= 0.6 is 15.9 Å². The minimum Gasteiger partial charge on any atom is -0.350 e. The fourth-order valence-electron chi connectivity index (χ4n) is 2.20. The molecule has 2 rings (SSSR count). The predicted molar refractivity (Wildman–Crippen MR) is 85.8 cm³/mol. The van der Waals surface area contributed by atoms with E-state index in [1.807, 2.05) is 20.8 Å². The fourth-order valence-corrected chi connectivity index (χ4v) is 2.67. The second-order valence-electron chi connectivity index (χ2n) is 6.14. The van der Waals surface area contributed by atoms with Crippen LogP contribution in [0.15, 0.2) is 14.3 Å². The molecule has 0 spiro atoms. The van der Waals surface area contributed by atoms with E-state index in [4.69, 9.17) is 0 Å². The molecular weight excluding hydrogens is 354 g/mol. The second-order valence-corrected chi connectivity index (χ2v) is 6.85. The zero-order chi connectivity index (χ0) is 16.8. The normalized spacial score (nSPS) is 11.9. The van der Waals surface area contributed by atoms with Gasteiger partial charge in [0.1, 0.15) is 6.54 Å². The van der Waals surface area contributed by atoms with Crippen molar-refractivity contribution in [2.75, 3.05) is 0 Å². The van der Waals surface area contributed by atoms with Crippen molar-refractivity contribution in [3.8, 4) is 0 Å². The number of nitrogens with zero attached hydrogens (tertiary/aromatic N) is 4. The highest BCUT2D eigenvalue weighted by Gasteiger charge is 2.21. The first-order valence-electron chi connectivity index (χ1n) is 6.65. The van der Waals surface area contributed by atoms with Crippen molar-refractivity contribution in [3.63, 3.8) is 0 Å². The van der Waals surface area contributed by atoms with Gasteiger partial charge in [-0.25, -0.2) is 9.78 Å². The van der Waals surface area contributed by atoms with Crippen LogP contribution < -0.4 is 16.6 Å². The number of carbonyl (C=O) groups excluding carboxylic acids is 1. The van der Waals surface area contributed by atoms with Gasteiger partial charge in [0, 0.05) is 19.6 Å². The molecular formula is C13H18BrN5O3. The number of carbonyl (C=O) groups is 1. The molecule has 0 bridgehead atoms. The van der Waals surface area contributed by atoms with Crippen molar-refractivity contribution in [3.05, 3.63) is 25.6 Å². The molecule has 22 heavy (non-hydrogen) atoms. The number of hydrogen-bond acceptors (Lipinski definition) is 4. The molecule has 1 N–H and O–H groups in total. The van der Waals surface area contributed by atoms with E-state index in [9.17, 15) is 14.4 Å². The molecule has 0 atom stereocenters. The van der Waals surface area contributed by atoms with E-state index in [1.54, 1.807) is 0 Å². The third kappa shape index (κ3) is 2.85. The molecule has 0 aliphatic heterocycles. The molecule has 8 nitrogen and oxygen atoms in total. The van der Waals surface area contributed by atoms with Crippen LogP contribution in [-0.2, 0) is 25.4 Å². The van der Waals surface area contributed by atoms with Crippen LogP contribution in [0.2, 0.25) is 0 Å². The molecule has 0 saturated carbocycles. The Morgan fingerprint density at radius 2 is 1.82 bits per heavy atom. The van der Waals surface area contributed by atoms with Gasteiger partial charge in [0.2, 0.25) is 5.91 Å². The lowest BCUT2D eigenvalue weighted by Gasteiger charge is -2.21. The molecule has 120 valence electrons. The van der Waals surface area contributed by atoms with Gasteiger partial charge in [-0.15, -0.1) is 0 Å². The largest absolute Gasteiger partial charge is 0.350 e. The number of imidazole rings is 1. The summed E-state index contributed by atoms with van der Waals surface area (Å²) in [7, 11) is 2.93. The maximum atomic E-state index is 12.1. The van der Waals surface area contributed by atoms with Gasteiger partial charge in [-0.05, 0) is 36.7 Å². The Kier molecular flexibility index (Phi) is 4.03. The Hall–Kier alpha value is -1.90. The molecule has 0 aliphatic rings. The summed E-state index contributed by atoms with van der Waals surface area (Å²) in [5.41, 5.74) is -0.887. The van der Waals surface area contributed by atoms with Gasteiger partial charge >= 0.3 is 5.69 Å². The van der Waals surface area contributed by atoms with Crippen LogP contribution in [0.3, 0.4) is 0 Å². The fraction of sp³-hybridized carbons (Fsp3) is 0.538. The number of aromatic nitrogens is 4. The summed E-state index contributed by atoms with van der Waals surface area (Å²) in [5.74, 6) is -0.236. The van der Waals surface area contributed by atoms with E-state index in [0.29, 0.717) is 10.4 Å². The molecule has 0 radical (unpaired) electrons. The number of rotatable bonds is 2. The van der Waals surface area contributed by atoms with E-state index in [-0.39, 0.29) is 23.5 Å². The summed E-state index contributed by atoms with van der Waals surface area (Å²) in [6.45, 7) is 5.57. The highest BCUT2D eigenvalue weighted by atomic mass is 79.9. The van der Waals surface area contributed by atoms with Crippen molar-refractivity contribution < 1.29 is 4.79 Å². The van der Waals surface area contributed by atoms with Crippen molar-refractivity contribution in [2.24, 2.45) is 14.1 Å². The highest BCUT2D eigenvalue weighted by molar-refractivity contribution is 9.10. The van der Waals surface area contributed by atoms with E-state index in [1.165, 1.54) is 23.2 Å². The first-order valence-corrected chi connectivity index (χ1v) is 7.45. The van der Waals surface area contributed by atoms with Crippen molar-refractivity contribution in [1.29, 1.82) is 0 Å². The summed E-state index contributed by atoms with van der Waals surface area (Å²) in [6, 6.07) is 0. The molecule has 9 heteroatoms. The average Bonchev–Trinajstić information content (AvgIpc) is 2.69. The summed E-state index contributed by atoms with van der Waals surface area (Å²) >= 11 is 3.24. The number of halogens is 1. The monoisotopic (exact) mass is 371 g/mol. The first kappa shape index (κ1) is 16.5. The minimum absolute atomic E-state index is 0.0468. The van der Waals surface area contributed by atoms with E-state index < -0.39 is 11.2 Å². The van der Waals surface area contributed by atoms with Gasteiger partial charge in [0.25, 0.3) is 5.56 Å². The Labute approximate surface area is 134 Å². The summed E-state index contributed by atoms with van der Waals surface area (Å²) in [4.78, 5) is 40.4. The van der Waals surface area contributed by atoms with Gasteiger partial charge in [0.05, 0.1) is 0 Å². The third-order valence-corrected chi connectivity index (χ3v) is 3.71. The number of nitrogens with one attached hydrogen (secondary N) is 1. The molecule has 0 aromatic carbocycles. The molecule has 0 saturated heterocycles. The van der Waals surface area contributed by atoms with Crippen molar-refractivity contribution >= 4 is 33.0 Å². The quantitative estimate of drug-likeness (QED) is 0.758. The molecule has 0 unspecified atom stereocenters. The van der Waals surface area contributed by atoms with Gasteiger partial charge in [0.15, 0.2) is 15.9 Å². The van der Waals surface area contributed by atoms with Crippen molar-refractivity contribution in [1.82, 2.24) is 24.0 Å². The zero-order valence-corrected chi connectivity index (χ0v) is 14.7. The van der Waals surface area contributed by atoms with Crippen LogP contribution in [0.5, 0.6) is 0 Å². The van der Waals surface area contributed by atoms with Crippen LogP contribution in [-0.4, -0.2) is 30.1 Å². The molecule has 0 aliphatic carbocycles. The maximum Gasteiger partial charge on any atom is 0.332 e. The van der Waals surface area contributed by atoms with Gasteiger partial charge < -0.3 is 5.32 Å². The summed E-state index contributed by atoms with van der Waals surface area (Å²) < 4.78 is 4.12. The van der Waals surface area contributed by atoms with Gasteiger partial charge in [-0.3, -0.25) is 23.3 Å². The predicted octanol–water partition coefficient (Wildman–Crippen LogP) is 0.111. The Morgan fingerprint density at radius 1 is 1.23 bits per heavy atom. The second kappa shape index (κ2) is 5.38. The maximum absolute atomic E-state index is 12.1. The van der Waals surface area contributed by atoms with E-state index in [0.717, 1.165) is 4.57 Å². The number of fused-ring (bicyclic) bond motifs is 1. The minimum atomic E-state index is -0.492. The lowest BCUT2D eigenvalue weighted by atomic mass is 10.1. The highest BCUT2D eigenvalue weighted by Crippen LogP contribution is 2.16. The molecule has 1 amide bonds. The topological polar surface area (TPSA) is 90.9 Å². The first-order chi connectivity index (χ1) is 10.0. The zero-order valence-electron chi connectivity index (χ0n) is 13.1. The van der Waals surface area contributed by atoms with Gasteiger partial charge in [-0.1, -0.05) is 0 Å². The standard InChI is InChI=1S/C13H18BrN5O3/c1-13(2,3)16-7(20)6-19-9-8(15-11(19)14)10(21)18(5)12(22)17(9)4/h6H2,1-5H3,(H,16,20). The molecule has 0 fully saturated rings. The smallest absolute Gasteiger partial charge is 0.332 e. The lowest BCUT2D eigenvalue weighted by Crippen LogP contribution is -2.42. The SMILES string of the molecule is Cn1c(=O)c2nc(Br)n(CC(=O)NC(C)(C)C)c2n(C)c1=O. The van der Waals surface area contributed by atoms with Crippen LogP contribution in [0.1, 0.15) is 20.8 Å². The summed E-state index contributed by atoms with van der Waals surface area (Å²) in [6.07, 6.45) is 0. The lowest BCUT2D eigenvalue weighted by molar-refractivity contribution is -0.123. The third-order valence-electron chi connectivity index (χ3n) is 3.11. The van der Waals surface area contributed by atoms with Gasteiger partial charge in [-0.2, -0.15) is 0 Å². The van der Waals surface area contributed by atoms with Crippen LogP contribution in [0, 0.1) is 0 Å². The molecule has 2 aromatic heterocycles. The average molecular weight is 372 g/mol. The van der Waals surface area contributed by atoms with Crippen molar-refractivity contribution in [2.45, 2.75) is 32.9 Å². The van der Waals surface area contributed by atoms with E-state index in [2.05, 4.69) is 26.2 Å². The Bertz CT molecular complexity index is 869. The van der Waals surface area contributed by atoms with E-state index >= 15 is 0 Å². The Balaban J connectivity index is 2.61.